The second-order valence-electron chi connectivity index (χ2n) is 5.04. The third-order valence-electron chi connectivity index (χ3n) is 2.83. The van der Waals surface area contributed by atoms with E-state index in [-0.39, 0.29) is 0 Å². The highest BCUT2D eigenvalue weighted by molar-refractivity contribution is 8.00. The van der Waals surface area contributed by atoms with E-state index in [0.29, 0.717) is 11.5 Å². The van der Waals surface area contributed by atoms with Crippen molar-refractivity contribution < 1.29 is 0 Å². The summed E-state index contributed by atoms with van der Waals surface area (Å²) in [5.74, 6) is 1.36. The summed E-state index contributed by atoms with van der Waals surface area (Å²) in [4.78, 5) is 0. The van der Waals surface area contributed by atoms with Crippen molar-refractivity contribution in [1.29, 1.82) is 0 Å². The lowest BCUT2D eigenvalue weighted by Gasteiger charge is -2.38. The Bertz CT molecular complexity index is 145. The highest BCUT2D eigenvalue weighted by Gasteiger charge is 2.31. The topological polar surface area (TPSA) is 12.0 Å². The first-order chi connectivity index (χ1) is 6.05. The molecule has 0 aromatic carbocycles. The van der Waals surface area contributed by atoms with Crippen molar-refractivity contribution >= 4 is 11.8 Å². The van der Waals surface area contributed by atoms with Crippen LogP contribution in [0.2, 0.25) is 0 Å². The zero-order valence-electron chi connectivity index (χ0n) is 9.39. The van der Waals surface area contributed by atoms with E-state index in [1.54, 1.807) is 0 Å². The normalized spacial score (nSPS) is 27.2. The van der Waals surface area contributed by atoms with Crippen molar-refractivity contribution in [3.8, 4) is 0 Å². The lowest BCUT2D eigenvalue weighted by molar-refractivity contribution is 0.267. The molecule has 0 amide bonds. The van der Waals surface area contributed by atoms with Gasteiger partial charge in [-0.1, -0.05) is 27.2 Å². The van der Waals surface area contributed by atoms with Gasteiger partial charge in [0.05, 0.1) is 0 Å². The largest absolute Gasteiger partial charge is 0.315 e. The van der Waals surface area contributed by atoms with E-state index in [1.807, 2.05) is 0 Å². The summed E-state index contributed by atoms with van der Waals surface area (Å²) >= 11 is 2.16. The maximum atomic E-state index is 3.49. The van der Waals surface area contributed by atoms with Crippen LogP contribution < -0.4 is 5.32 Å². The smallest absolute Gasteiger partial charge is 0.0231 e. The van der Waals surface area contributed by atoms with E-state index in [2.05, 4.69) is 44.9 Å². The average Bonchev–Trinajstić information content (AvgIpc) is 2.05. The highest BCUT2D eigenvalue weighted by atomic mass is 32.2. The van der Waals surface area contributed by atoms with Crippen LogP contribution in [0.15, 0.2) is 0 Å². The quantitative estimate of drug-likeness (QED) is 0.737. The van der Waals surface area contributed by atoms with Gasteiger partial charge in [0.2, 0.25) is 0 Å². The van der Waals surface area contributed by atoms with E-state index in [0.717, 1.165) is 5.25 Å². The molecule has 1 aliphatic rings. The maximum absolute atomic E-state index is 3.49. The van der Waals surface area contributed by atoms with Crippen LogP contribution in [0.25, 0.3) is 0 Å². The van der Waals surface area contributed by atoms with Crippen LogP contribution in [0, 0.1) is 5.41 Å². The second kappa shape index (κ2) is 4.70. The van der Waals surface area contributed by atoms with Crippen LogP contribution in [0.4, 0.5) is 0 Å². The molecule has 2 atom stereocenters. The van der Waals surface area contributed by atoms with Crippen molar-refractivity contribution in [2.75, 3.05) is 12.8 Å². The number of hydrogen-bond donors (Lipinski definition) is 1. The SMILES string of the molecule is CNC(C1CCCCS1)C(C)(C)C. The van der Waals surface area contributed by atoms with E-state index in [4.69, 9.17) is 0 Å². The Morgan fingerprint density at radius 2 is 2.00 bits per heavy atom. The Balaban J connectivity index is 2.54. The molecule has 1 heterocycles. The molecule has 2 unspecified atom stereocenters. The molecule has 0 aromatic rings. The van der Waals surface area contributed by atoms with Gasteiger partial charge in [0.25, 0.3) is 0 Å². The van der Waals surface area contributed by atoms with E-state index in [1.165, 1.54) is 25.0 Å². The monoisotopic (exact) mass is 201 g/mol. The third kappa shape index (κ3) is 3.17. The van der Waals surface area contributed by atoms with Gasteiger partial charge in [0.1, 0.15) is 0 Å². The first-order valence-corrected chi connectivity index (χ1v) is 6.39. The van der Waals surface area contributed by atoms with Crippen molar-refractivity contribution in [2.24, 2.45) is 5.41 Å². The Hall–Kier alpha value is 0.310. The van der Waals surface area contributed by atoms with Crippen LogP contribution in [0.5, 0.6) is 0 Å². The average molecular weight is 201 g/mol. The second-order valence-corrected chi connectivity index (χ2v) is 6.38. The molecule has 1 rings (SSSR count). The molecular formula is C11H23NS. The van der Waals surface area contributed by atoms with E-state index < -0.39 is 0 Å². The Morgan fingerprint density at radius 1 is 1.31 bits per heavy atom. The standard InChI is InChI=1S/C11H23NS/c1-11(2,3)10(12-4)9-7-5-6-8-13-9/h9-10,12H,5-8H2,1-4H3. The molecule has 1 N–H and O–H groups in total. The molecule has 78 valence electrons. The van der Waals surface area contributed by atoms with Gasteiger partial charge in [0.15, 0.2) is 0 Å². The molecule has 1 aliphatic heterocycles. The molecule has 1 fully saturated rings. The first kappa shape index (κ1) is 11.4. The zero-order valence-corrected chi connectivity index (χ0v) is 10.2. The van der Waals surface area contributed by atoms with Gasteiger partial charge in [-0.3, -0.25) is 0 Å². The molecular weight excluding hydrogens is 178 g/mol. The van der Waals surface area contributed by atoms with Gasteiger partial charge in [-0.2, -0.15) is 11.8 Å². The molecule has 0 bridgehead atoms. The highest BCUT2D eigenvalue weighted by Crippen LogP contribution is 2.34. The van der Waals surface area contributed by atoms with Crippen LogP contribution in [-0.4, -0.2) is 24.1 Å². The zero-order chi connectivity index (χ0) is 9.90. The minimum Gasteiger partial charge on any atom is -0.315 e. The molecule has 13 heavy (non-hydrogen) atoms. The molecule has 1 nitrogen and oxygen atoms in total. The number of rotatable bonds is 2. The van der Waals surface area contributed by atoms with Gasteiger partial charge in [0, 0.05) is 11.3 Å². The summed E-state index contributed by atoms with van der Waals surface area (Å²) in [6, 6.07) is 0.665. The first-order valence-electron chi connectivity index (χ1n) is 5.34. The van der Waals surface area contributed by atoms with Crippen molar-refractivity contribution in [3.63, 3.8) is 0 Å². The summed E-state index contributed by atoms with van der Waals surface area (Å²) in [6.45, 7) is 7.01. The van der Waals surface area contributed by atoms with Gasteiger partial charge in [-0.25, -0.2) is 0 Å². The predicted molar refractivity (Wildman–Crippen MR) is 62.4 cm³/mol. The van der Waals surface area contributed by atoms with Gasteiger partial charge in [-0.15, -0.1) is 0 Å². The number of nitrogens with one attached hydrogen (secondary N) is 1. The molecule has 0 radical (unpaired) electrons. The minimum atomic E-state index is 0.393. The van der Waals surface area contributed by atoms with Gasteiger partial charge in [-0.05, 0) is 31.1 Å². The number of hydrogen-bond acceptors (Lipinski definition) is 2. The number of thioether (sulfide) groups is 1. The van der Waals surface area contributed by atoms with Crippen molar-refractivity contribution in [2.45, 2.75) is 51.3 Å². The summed E-state index contributed by atoms with van der Waals surface area (Å²) in [5, 5.41) is 4.32. The lowest BCUT2D eigenvalue weighted by Crippen LogP contribution is -2.46. The minimum absolute atomic E-state index is 0.393. The van der Waals surface area contributed by atoms with Crippen LogP contribution in [-0.2, 0) is 0 Å². The van der Waals surface area contributed by atoms with Crippen LogP contribution in [0.1, 0.15) is 40.0 Å². The Kier molecular flexibility index (Phi) is 4.11. The van der Waals surface area contributed by atoms with Crippen LogP contribution >= 0.6 is 11.8 Å². The molecule has 2 heteroatoms. The fourth-order valence-electron chi connectivity index (χ4n) is 2.21. The predicted octanol–water partition coefficient (Wildman–Crippen LogP) is 2.91. The molecule has 0 aliphatic carbocycles. The maximum Gasteiger partial charge on any atom is 0.0231 e. The Labute approximate surface area is 87.1 Å². The lowest BCUT2D eigenvalue weighted by atomic mass is 9.83. The Morgan fingerprint density at radius 3 is 2.38 bits per heavy atom. The van der Waals surface area contributed by atoms with E-state index >= 15 is 0 Å². The van der Waals surface area contributed by atoms with E-state index in [9.17, 15) is 0 Å². The third-order valence-corrected chi connectivity index (χ3v) is 4.29. The fourth-order valence-corrected chi connectivity index (χ4v) is 3.95. The summed E-state index contributed by atoms with van der Waals surface area (Å²) in [7, 11) is 2.10. The van der Waals surface area contributed by atoms with Crippen LogP contribution in [0.3, 0.4) is 0 Å². The summed E-state index contributed by atoms with van der Waals surface area (Å²) in [6.07, 6.45) is 4.24. The van der Waals surface area contributed by atoms with Gasteiger partial charge < -0.3 is 5.32 Å². The summed E-state index contributed by atoms with van der Waals surface area (Å²) in [5.41, 5.74) is 0.393. The van der Waals surface area contributed by atoms with Crippen molar-refractivity contribution in [1.82, 2.24) is 5.32 Å². The fraction of sp³-hybridized carbons (Fsp3) is 1.00. The molecule has 0 aromatic heterocycles. The van der Waals surface area contributed by atoms with Gasteiger partial charge >= 0.3 is 0 Å². The molecule has 0 spiro atoms. The molecule has 1 saturated heterocycles. The van der Waals surface area contributed by atoms with Crippen molar-refractivity contribution in [3.05, 3.63) is 0 Å². The molecule has 0 saturated carbocycles. The summed E-state index contributed by atoms with van der Waals surface area (Å²) < 4.78 is 0.